The Morgan fingerprint density at radius 1 is 1.00 bits per heavy atom. The first-order valence-electron chi connectivity index (χ1n) is 3.56. The van der Waals surface area contributed by atoms with E-state index in [0.717, 1.165) is 0 Å². The van der Waals surface area contributed by atoms with Crippen molar-refractivity contribution in [1.29, 1.82) is 0 Å². The molecule has 0 saturated carbocycles. The van der Waals surface area contributed by atoms with Crippen LogP contribution in [-0.4, -0.2) is 25.1 Å². The van der Waals surface area contributed by atoms with Gasteiger partial charge in [0, 0.05) is 0 Å². The summed E-state index contributed by atoms with van der Waals surface area (Å²) < 4.78 is 9.53. The summed E-state index contributed by atoms with van der Waals surface area (Å²) in [6, 6.07) is 0. The van der Waals surface area contributed by atoms with Crippen molar-refractivity contribution in [3.05, 3.63) is 11.5 Å². The first-order chi connectivity index (χ1) is 5.79. The Kier molecular flexibility index (Phi) is 5.45. The summed E-state index contributed by atoms with van der Waals surface area (Å²) in [4.78, 5) is 20.4. The molecule has 66 valence electrons. The van der Waals surface area contributed by atoms with Crippen LogP contribution in [-0.2, 0) is 19.1 Å². The molecule has 0 bridgehead atoms. The molecule has 4 nitrogen and oxygen atoms in total. The van der Waals surface area contributed by atoms with Crippen LogP contribution in [0, 0.1) is 0 Å². The van der Waals surface area contributed by atoms with Crippen molar-refractivity contribution >= 4 is 11.9 Å². The Bertz CT molecular complexity index is 205. The van der Waals surface area contributed by atoms with Crippen LogP contribution in [0.3, 0.4) is 0 Å². The molecular formula is C8H10O4. The van der Waals surface area contributed by atoms with E-state index in [-0.39, 0.29) is 24.7 Å². The van der Waals surface area contributed by atoms with Crippen LogP contribution in [0.5, 0.6) is 0 Å². The fourth-order valence-electron chi connectivity index (χ4n) is 0.571. The fraction of sp³-hybridized carbons (Fsp3) is 0.500. The summed E-state index contributed by atoms with van der Waals surface area (Å²) >= 11 is 0. The average molecular weight is 170 g/mol. The highest BCUT2D eigenvalue weighted by atomic mass is 16.5. The van der Waals surface area contributed by atoms with Crippen molar-refractivity contribution in [3.8, 4) is 0 Å². The summed E-state index contributed by atoms with van der Waals surface area (Å²) in [5.74, 6) is 2.46. The smallest absolute Gasteiger partial charge is 0.258 e. The standard InChI is InChI=1S/C8H10O4/c1-3-11-7(5-9)8(6-10)12-4-2/h3-4H2,1-2H3. The predicted molar refractivity (Wildman–Crippen MR) is 41.7 cm³/mol. The topological polar surface area (TPSA) is 52.6 Å². The summed E-state index contributed by atoms with van der Waals surface area (Å²) in [6.45, 7) is 3.93. The third kappa shape index (κ3) is 3.06. The molecule has 0 radical (unpaired) electrons. The van der Waals surface area contributed by atoms with E-state index < -0.39 is 0 Å². The third-order valence-electron chi connectivity index (χ3n) is 0.969. The van der Waals surface area contributed by atoms with Gasteiger partial charge in [-0.3, -0.25) is 0 Å². The second-order valence-corrected chi connectivity index (χ2v) is 1.73. The van der Waals surface area contributed by atoms with Crippen molar-refractivity contribution in [2.75, 3.05) is 13.2 Å². The Morgan fingerprint density at radius 3 is 1.50 bits per heavy atom. The second-order valence-electron chi connectivity index (χ2n) is 1.73. The molecule has 0 spiro atoms. The molecule has 0 fully saturated rings. The summed E-state index contributed by atoms with van der Waals surface area (Å²) in [5, 5.41) is 0. The minimum Gasteiger partial charge on any atom is -0.480 e. The lowest BCUT2D eigenvalue weighted by Gasteiger charge is -2.05. The highest BCUT2D eigenvalue weighted by molar-refractivity contribution is 5.66. The van der Waals surface area contributed by atoms with Gasteiger partial charge in [-0.1, -0.05) is 0 Å². The molecule has 0 amide bonds. The molecule has 0 atom stereocenters. The van der Waals surface area contributed by atoms with Crippen molar-refractivity contribution in [1.82, 2.24) is 0 Å². The zero-order valence-corrected chi connectivity index (χ0v) is 7.05. The van der Waals surface area contributed by atoms with Crippen molar-refractivity contribution in [3.63, 3.8) is 0 Å². The monoisotopic (exact) mass is 170 g/mol. The third-order valence-corrected chi connectivity index (χ3v) is 0.969. The lowest BCUT2D eigenvalue weighted by atomic mass is 10.4. The van der Waals surface area contributed by atoms with Gasteiger partial charge in [-0.05, 0) is 13.8 Å². The zero-order chi connectivity index (χ0) is 9.40. The second kappa shape index (κ2) is 6.23. The first kappa shape index (κ1) is 10.5. The maximum Gasteiger partial charge on any atom is 0.258 e. The van der Waals surface area contributed by atoms with Crippen LogP contribution in [0.15, 0.2) is 11.5 Å². The molecule has 0 N–H and O–H groups in total. The van der Waals surface area contributed by atoms with Gasteiger partial charge in [-0.15, -0.1) is 0 Å². The Labute approximate surface area is 70.5 Å². The largest absolute Gasteiger partial charge is 0.480 e. The van der Waals surface area contributed by atoms with Gasteiger partial charge in [0.05, 0.1) is 13.2 Å². The SMILES string of the molecule is CCOC(=C=O)C(=C=O)OCC. The van der Waals surface area contributed by atoms with E-state index in [2.05, 4.69) is 0 Å². The summed E-state index contributed by atoms with van der Waals surface area (Å²) in [5.41, 5.74) is 0. The molecule has 0 aromatic heterocycles. The van der Waals surface area contributed by atoms with E-state index in [1.165, 1.54) is 11.9 Å². The number of hydrogen-bond donors (Lipinski definition) is 0. The van der Waals surface area contributed by atoms with Crippen molar-refractivity contribution < 1.29 is 19.1 Å². The van der Waals surface area contributed by atoms with Gasteiger partial charge in [-0.2, -0.15) is 0 Å². The quantitative estimate of drug-likeness (QED) is 0.342. The van der Waals surface area contributed by atoms with Crippen LogP contribution in [0.25, 0.3) is 0 Å². The highest BCUT2D eigenvalue weighted by Crippen LogP contribution is 2.05. The molecular weight excluding hydrogens is 160 g/mol. The predicted octanol–water partition coefficient (Wildman–Crippen LogP) is 0.490. The van der Waals surface area contributed by atoms with Crippen molar-refractivity contribution in [2.45, 2.75) is 13.8 Å². The normalized spacial score (nSPS) is 7.83. The fourth-order valence-corrected chi connectivity index (χ4v) is 0.571. The maximum absolute atomic E-state index is 10.2. The maximum atomic E-state index is 10.2. The number of ether oxygens (including phenoxy) is 2. The average Bonchev–Trinajstić information content (AvgIpc) is 2.11. The van der Waals surface area contributed by atoms with Gasteiger partial charge in [-0.25, -0.2) is 9.59 Å². The van der Waals surface area contributed by atoms with Crippen LogP contribution < -0.4 is 0 Å². The molecule has 0 heterocycles. The first-order valence-corrected chi connectivity index (χ1v) is 3.56. The highest BCUT2D eigenvalue weighted by Gasteiger charge is 2.09. The van der Waals surface area contributed by atoms with E-state index in [1.54, 1.807) is 13.8 Å². The summed E-state index contributed by atoms with van der Waals surface area (Å²) in [7, 11) is 0. The Balaban J connectivity index is 4.48. The molecule has 0 aromatic rings. The molecule has 12 heavy (non-hydrogen) atoms. The minimum absolute atomic E-state index is 0.227. The molecule has 4 heteroatoms. The zero-order valence-electron chi connectivity index (χ0n) is 7.05. The number of carbonyl (C=O) groups excluding carboxylic acids is 2. The minimum atomic E-state index is -0.227. The Hall–Kier alpha value is -1.50. The van der Waals surface area contributed by atoms with Crippen LogP contribution in [0.2, 0.25) is 0 Å². The number of rotatable bonds is 5. The molecule has 0 rings (SSSR count). The van der Waals surface area contributed by atoms with E-state index in [9.17, 15) is 9.59 Å². The molecule has 0 aliphatic carbocycles. The van der Waals surface area contributed by atoms with Gasteiger partial charge >= 0.3 is 0 Å². The number of hydrogen-bond acceptors (Lipinski definition) is 4. The van der Waals surface area contributed by atoms with E-state index >= 15 is 0 Å². The molecule has 0 unspecified atom stereocenters. The lowest BCUT2D eigenvalue weighted by Crippen LogP contribution is -2.01. The molecule has 0 saturated heterocycles. The van der Waals surface area contributed by atoms with Crippen LogP contribution >= 0.6 is 0 Å². The summed E-state index contributed by atoms with van der Waals surface area (Å²) in [6.07, 6.45) is 0. The molecule has 0 aromatic carbocycles. The van der Waals surface area contributed by atoms with Gasteiger partial charge in [0.15, 0.2) is 11.9 Å². The van der Waals surface area contributed by atoms with Gasteiger partial charge < -0.3 is 9.47 Å². The van der Waals surface area contributed by atoms with Crippen LogP contribution in [0.4, 0.5) is 0 Å². The van der Waals surface area contributed by atoms with E-state index in [0.29, 0.717) is 0 Å². The van der Waals surface area contributed by atoms with Gasteiger partial charge in [0.1, 0.15) is 0 Å². The van der Waals surface area contributed by atoms with Crippen LogP contribution in [0.1, 0.15) is 13.8 Å². The van der Waals surface area contributed by atoms with Gasteiger partial charge in [0.2, 0.25) is 0 Å². The van der Waals surface area contributed by atoms with E-state index in [4.69, 9.17) is 9.47 Å². The van der Waals surface area contributed by atoms with Crippen molar-refractivity contribution in [2.24, 2.45) is 0 Å². The van der Waals surface area contributed by atoms with Gasteiger partial charge in [0.25, 0.3) is 11.5 Å². The lowest BCUT2D eigenvalue weighted by molar-refractivity contribution is 0.170. The molecule has 0 aliphatic heterocycles. The Morgan fingerprint density at radius 2 is 1.33 bits per heavy atom. The molecule has 0 aliphatic rings. The van der Waals surface area contributed by atoms with E-state index in [1.807, 2.05) is 0 Å².